The van der Waals surface area contributed by atoms with Crippen LogP contribution in [-0.4, -0.2) is 48.9 Å². The molecule has 5 heteroatoms. The van der Waals surface area contributed by atoms with Gasteiger partial charge in [0, 0.05) is 25.1 Å². The van der Waals surface area contributed by atoms with Crippen molar-refractivity contribution in [1.82, 2.24) is 10.4 Å². The van der Waals surface area contributed by atoms with E-state index in [-0.39, 0.29) is 12.5 Å². The van der Waals surface area contributed by atoms with Crippen molar-refractivity contribution < 1.29 is 14.6 Å². The summed E-state index contributed by atoms with van der Waals surface area (Å²) in [7, 11) is 0. The smallest absolute Gasteiger partial charge is 0.266 e. The SMILES string of the molecule is Cc1ccc(C#CCCO)c(C(=O)NN2CCOCC2)c1. The molecule has 1 aromatic rings. The van der Waals surface area contributed by atoms with Crippen LogP contribution in [0.15, 0.2) is 18.2 Å². The number of hydrogen-bond acceptors (Lipinski definition) is 4. The molecule has 0 unspecified atom stereocenters. The largest absolute Gasteiger partial charge is 0.395 e. The molecule has 1 saturated heterocycles. The van der Waals surface area contributed by atoms with Gasteiger partial charge in [-0.15, -0.1) is 0 Å². The molecule has 0 saturated carbocycles. The van der Waals surface area contributed by atoms with Crippen LogP contribution in [0.25, 0.3) is 0 Å². The molecule has 1 aliphatic heterocycles. The van der Waals surface area contributed by atoms with Crippen molar-refractivity contribution >= 4 is 5.91 Å². The van der Waals surface area contributed by atoms with E-state index >= 15 is 0 Å². The lowest BCUT2D eigenvalue weighted by Gasteiger charge is -2.27. The molecule has 1 aromatic carbocycles. The zero-order valence-electron chi connectivity index (χ0n) is 12.2. The van der Waals surface area contributed by atoms with Gasteiger partial charge in [-0.05, 0) is 19.1 Å². The van der Waals surface area contributed by atoms with Gasteiger partial charge in [0.2, 0.25) is 0 Å². The Labute approximate surface area is 124 Å². The molecule has 0 bridgehead atoms. The zero-order valence-corrected chi connectivity index (χ0v) is 12.2. The van der Waals surface area contributed by atoms with Crippen molar-refractivity contribution in [2.75, 3.05) is 32.9 Å². The summed E-state index contributed by atoms with van der Waals surface area (Å²) in [6.45, 7) is 4.57. The molecule has 2 N–H and O–H groups in total. The Morgan fingerprint density at radius 3 is 2.90 bits per heavy atom. The fourth-order valence-electron chi connectivity index (χ4n) is 2.05. The molecule has 0 spiro atoms. The molecule has 0 aromatic heterocycles. The molecule has 21 heavy (non-hydrogen) atoms. The Balaban J connectivity index is 2.14. The lowest BCUT2D eigenvalue weighted by atomic mass is 10.0. The van der Waals surface area contributed by atoms with Crippen molar-refractivity contribution in [1.29, 1.82) is 0 Å². The third-order valence-electron chi connectivity index (χ3n) is 3.15. The number of morpholine rings is 1. The van der Waals surface area contributed by atoms with E-state index < -0.39 is 0 Å². The van der Waals surface area contributed by atoms with Gasteiger partial charge in [-0.3, -0.25) is 10.2 Å². The Hall–Kier alpha value is -1.87. The molecule has 1 amide bonds. The van der Waals surface area contributed by atoms with Crippen LogP contribution in [0.1, 0.15) is 27.9 Å². The third-order valence-corrected chi connectivity index (χ3v) is 3.15. The maximum Gasteiger partial charge on any atom is 0.266 e. The third kappa shape index (κ3) is 4.57. The van der Waals surface area contributed by atoms with Crippen LogP contribution in [0.5, 0.6) is 0 Å². The van der Waals surface area contributed by atoms with Crippen molar-refractivity contribution in [2.45, 2.75) is 13.3 Å². The number of aliphatic hydroxyl groups is 1. The molecule has 1 heterocycles. The van der Waals surface area contributed by atoms with Gasteiger partial charge in [-0.25, -0.2) is 5.01 Å². The zero-order chi connectivity index (χ0) is 15.1. The van der Waals surface area contributed by atoms with E-state index in [4.69, 9.17) is 9.84 Å². The Kier molecular flexibility index (Phi) is 5.76. The van der Waals surface area contributed by atoms with Gasteiger partial charge in [-0.2, -0.15) is 0 Å². The lowest BCUT2D eigenvalue weighted by Crippen LogP contribution is -2.48. The highest BCUT2D eigenvalue weighted by atomic mass is 16.5. The van der Waals surface area contributed by atoms with E-state index in [2.05, 4.69) is 17.3 Å². The summed E-state index contributed by atoms with van der Waals surface area (Å²) in [5, 5.41) is 10.6. The fraction of sp³-hybridized carbons (Fsp3) is 0.438. The van der Waals surface area contributed by atoms with Crippen molar-refractivity contribution in [2.24, 2.45) is 0 Å². The molecule has 2 rings (SSSR count). The van der Waals surface area contributed by atoms with E-state index in [1.165, 1.54) is 0 Å². The second kappa shape index (κ2) is 7.79. The molecular formula is C16H20N2O3. The number of rotatable bonds is 3. The highest BCUT2D eigenvalue weighted by Gasteiger charge is 2.16. The predicted octanol–water partition coefficient (Wildman–Crippen LogP) is 0.706. The lowest BCUT2D eigenvalue weighted by molar-refractivity contribution is 0.0126. The second-order valence-electron chi connectivity index (χ2n) is 4.86. The van der Waals surface area contributed by atoms with E-state index in [0.29, 0.717) is 43.9 Å². The van der Waals surface area contributed by atoms with E-state index in [1.807, 2.05) is 30.1 Å². The van der Waals surface area contributed by atoms with Crippen LogP contribution < -0.4 is 5.43 Å². The quantitative estimate of drug-likeness (QED) is 0.804. The number of ether oxygens (including phenoxy) is 1. The normalized spacial score (nSPS) is 15.1. The van der Waals surface area contributed by atoms with Gasteiger partial charge in [0.1, 0.15) is 0 Å². The van der Waals surface area contributed by atoms with Gasteiger partial charge < -0.3 is 9.84 Å². The Bertz CT molecular complexity index is 554. The molecule has 112 valence electrons. The maximum atomic E-state index is 12.4. The predicted molar refractivity (Wildman–Crippen MR) is 79.6 cm³/mol. The first kappa shape index (κ1) is 15.5. The minimum absolute atomic E-state index is 0.0220. The number of carbonyl (C=O) groups excluding carboxylic acids is 1. The van der Waals surface area contributed by atoms with Crippen LogP contribution in [0, 0.1) is 18.8 Å². The molecule has 1 fully saturated rings. The first-order valence-corrected chi connectivity index (χ1v) is 7.05. The van der Waals surface area contributed by atoms with E-state index in [0.717, 1.165) is 5.56 Å². The van der Waals surface area contributed by atoms with Gasteiger partial charge in [0.05, 0.1) is 25.4 Å². The topological polar surface area (TPSA) is 61.8 Å². The number of aryl methyl sites for hydroxylation is 1. The minimum Gasteiger partial charge on any atom is -0.395 e. The molecular weight excluding hydrogens is 268 g/mol. The number of hydrazine groups is 1. The Morgan fingerprint density at radius 1 is 1.43 bits per heavy atom. The molecule has 0 radical (unpaired) electrons. The second-order valence-corrected chi connectivity index (χ2v) is 4.86. The number of aliphatic hydroxyl groups excluding tert-OH is 1. The summed E-state index contributed by atoms with van der Waals surface area (Å²) in [6.07, 6.45) is 0.401. The molecule has 1 aliphatic rings. The highest BCUT2D eigenvalue weighted by molar-refractivity contribution is 5.96. The first-order valence-electron chi connectivity index (χ1n) is 7.05. The summed E-state index contributed by atoms with van der Waals surface area (Å²) >= 11 is 0. The van der Waals surface area contributed by atoms with Crippen LogP contribution in [-0.2, 0) is 4.74 Å². The molecule has 0 atom stereocenters. The van der Waals surface area contributed by atoms with Crippen LogP contribution in [0.4, 0.5) is 0 Å². The monoisotopic (exact) mass is 288 g/mol. The summed E-state index contributed by atoms with van der Waals surface area (Å²) in [6, 6.07) is 5.60. The number of benzene rings is 1. The summed E-state index contributed by atoms with van der Waals surface area (Å²) in [4.78, 5) is 12.4. The van der Waals surface area contributed by atoms with Crippen molar-refractivity contribution in [3.05, 3.63) is 34.9 Å². The average Bonchev–Trinajstić information content (AvgIpc) is 2.50. The van der Waals surface area contributed by atoms with Crippen molar-refractivity contribution in [3.63, 3.8) is 0 Å². The fourth-order valence-corrected chi connectivity index (χ4v) is 2.05. The highest BCUT2D eigenvalue weighted by Crippen LogP contribution is 2.11. The Morgan fingerprint density at radius 2 is 2.19 bits per heavy atom. The number of amides is 1. The van der Waals surface area contributed by atoms with Gasteiger partial charge in [-0.1, -0.05) is 23.5 Å². The van der Waals surface area contributed by atoms with Gasteiger partial charge >= 0.3 is 0 Å². The van der Waals surface area contributed by atoms with Crippen LogP contribution in [0.3, 0.4) is 0 Å². The van der Waals surface area contributed by atoms with E-state index in [9.17, 15) is 4.79 Å². The average molecular weight is 288 g/mol. The minimum atomic E-state index is -0.158. The maximum absolute atomic E-state index is 12.4. The number of nitrogens with zero attached hydrogens (tertiary/aromatic N) is 1. The first-order chi connectivity index (χ1) is 10.2. The van der Waals surface area contributed by atoms with E-state index in [1.54, 1.807) is 0 Å². The van der Waals surface area contributed by atoms with Crippen LogP contribution in [0.2, 0.25) is 0 Å². The molecule has 0 aliphatic carbocycles. The number of carbonyl (C=O) groups is 1. The number of nitrogens with one attached hydrogen (secondary N) is 1. The summed E-state index contributed by atoms with van der Waals surface area (Å²) < 4.78 is 5.26. The van der Waals surface area contributed by atoms with Gasteiger partial charge in [0.15, 0.2) is 0 Å². The number of hydrogen-bond donors (Lipinski definition) is 2. The summed E-state index contributed by atoms with van der Waals surface area (Å²) in [5.74, 6) is 5.64. The van der Waals surface area contributed by atoms with Gasteiger partial charge in [0.25, 0.3) is 5.91 Å². The standard InChI is InChI=1S/C16H20N2O3/c1-13-5-6-14(4-2-3-9-19)15(12-13)16(20)17-18-7-10-21-11-8-18/h5-6,12,19H,3,7-11H2,1H3,(H,17,20). The molecule has 5 nitrogen and oxygen atoms in total. The summed E-state index contributed by atoms with van der Waals surface area (Å²) in [5.41, 5.74) is 5.14. The van der Waals surface area contributed by atoms with Crippen LogP contribution >= 0.6 is 0 Å². The van der Waals surface area contributed by atoms with Crippen molar-refractivity contribution in [3.8, 4) is 11.8 Å².